The molecule has 35 heavy (non-hydrogen) atoms. The molecule has 0 saturated carbocycles. The van der Waals surface area contributed by atoms with Crippen molar-refractivity contribution in [3.05, 3.63) is 59.7 Å². The maximum Gasteiger partial charge on any atom is 0.407 e. The van der Waals surface area contributed by atoms with Gasteiger partial charge in [-0.15, -0.1) is 0 Å². The van der Waals surface area contributed by atoms with Gasteiger partial charge in [0, 0.05) is 31.3 Å². The molecule has 1 fully saturated rings. The average molecular weight is 498 g/mol. The molecule has 184 valence electrons. The number of alkyl carbamates (subject to hydrolysis) is 1. The minimum Gasteiger partial charge on any atom is -0.481 e. The van der Waals surface area contributed by atoms with Gasteiger partial charge in [-0.2, -0.15) is 11.8 Å². The number of hydrogen-bond acceptors (Lipinski definition) is 6. The quantitative estimate of drug-likeness (QED) is 0.453. The number of carboxylic acids is 1. The third kappa shape index (κ3) is 5.76. The number of nitrogens with one attached hydrogen (secondary N) is 2. The fourth-order valence-electron chi connectivity index (χ4n) is 4.50. The van der Waals surface area contributed by atoms with Crippen molar-refractivity contribution < 1.29 is 29.0 Å². The monoisotopic (exact) mass is 497 g/mol. The number of ether oxygens (including phenoxy) is 1. The minimum absolute atomic E-state index is 0.0133. The molecule has 0 aromatic heterocycles. The predicted molar refractivity (Wildman–Crippen MR) is 131 cm³/mol. The van der Waals surface area contributed by atoms with Crippen LogP contribution in [0.5, 0.6) is 0 Å². The largest absolute Gasteiger partial charge is 0.481 e. The lowest BCUT2D eigenvalue weighted by atomic mass is 9.98. The fraction of sp³-hybridized carbons (Fsp3) is 0.360. The van der Waals surface area contributed by atoms with Gasteiger partial charge in [-0.05, 0) is 22.3 Å². The van der Waals surface area contributed by atoms with Crippen LogP contribution in [0, 0.1) is 0 Å². The Bertz CT molecular complexity index is 1080. The van der Waals surface area contributed by atoms with Crippen LogP contribution in [-0.2, 0) is 19.1 Å². The number of fused-ring (bicyclic) bond motifs is 3. The van der Waals surface area contributed by atoms with E-state index in [1.165, 1.54) is 16.7 Å². The molecule has 1 unspecified atom stereocenters. The molecular formula is C25H27N3O6S. The number of carboxylic acid groups (broad SMARTS) is 1. The third-order valence-electron chi connectivity index (χ3n) is 6.10. The summed E-state index contributed by atoms with van der Waals surface area (Å²) < 4.78 is 5.49. The molecule has 2 aliphatic rings. The summed E-state index contributed by atoms with van der Waals surface area (Å²) in [7, 11) is 0. The van der Waals surface area contributed by atoms with Crippen LogP contribution in [0.15, 0.2) is 48.5 Å². The maximum absolute atomic E-state index is 12.5. The molecule has 0 spiro atoms. The summed E-state index contributed by atoms with van der Waals surface area (Å²) in [4.78, 5) is 49.0. The Morgan fingerprint density at radius 2 is 1.74 bits per heavy atom. The molecule has 2 aromatic rings. The summed E-state index contributed by atoms with van der Waals surface area (Å²) >= 11 is 1.30. The van der Waals surface area contributed by atoms with Crippen molar-refractivity contribution in [3.8, 4) is 11.1 Å². The number of carbonyl (C=O) groups excluding carboxylic acids is 3. The smallest absolute Gasteiger partial charge is 0.407 e. The summed E-state index contributed by atoms with van der Waals surface area (Å²) in [6, 6.07) is 15.2. The van der Waals surface area contributed by atoms with Gasteiger partial charge in [-0.1, -0.05) is 48.5 Å². The molecule has 2 aromatic carbocycles. The van der Waals surface area contributed by atoms with Gasteiger partial charge in [0.05, 0.1) is 12.2 Å². The highest BCUT2D eigenvalue weighted by molar-refractivity contribution is 7.99. The summed E-state index contributed by atoms with van der Waals surface area (Å²) in [5.74, 6) is -1.33. The topological polar surface area (TPSA) is 125 Å². The van der Waals surface area contributed by atoms with E-state index in [0.717, 1.165) is 22.3 Å². The van der Waals surface area contributed by atoms with Crippen LogP contribution in [-0.4, -0.2) is 77.7 Å². The second kappa shape index (κ2) is 11.3. The second-order valence-corrected chi connectivity index (χ2v) is 9.40. The SMILES string of the molecule is O=C(O)CC1C(=O)NCCN1C(=O)CSCCNC(=O)OCC1c2ccccc2-c2ccccc21. The van der Waals surface area contributed by atoms with Gasteiger partial charge >= 0.3 is 12.1 Å². The van der Waals surface area contributed by atoms with E-state index >= 15 is 0 Å². The Morgan fingerprint density at radius 1 is 1.09 bits per heavy atom. The lowest BCUT2D eigenvalue weighted by Crippen LogP contribution is -2.58. The van der Waals surface area contributed by atoms with E-state index in [9.17, 15) is 19.2 Å². The average Bonchev–Trinajstić information content (AvgIpc) is 3.17. The molecule has 1 aliphatic carbocycles. The molecule has 3 amide bonds. The van der Waals surface area contributed by atoms with E-state index in [0.29, 0.717) is 18.8 Å². The van der Waals surface area contributed by atoms with Gasteiger partial charge in [-0.3, -0.25) is 14.4 Å². The van der Waals surface area contributed by atoms with Gasteiger partial charge in [-0.25, -0.2) is 4.79 Å². The van der Waals surface area contributed by atoms with Gasteiger partial charge in [0.15, 0.2) is 0 Å². The Hall–Kier alpha value is -3.53. The molecular weight excluding hydrogens is 470 g/mol. The Morgan fingerprint density at radius 3 is 2.40 bits per heavy atom. The molecule has 4 rings (SSSR count). The number of piperazine rings is 1. The van der Waals surface area contributed by atoms with Crippen LogP contribution in [0.25, 0.3) is 11.1 Å². The number of carbonyl (C=O) groups is 4. The lowest BCUT2D eigenvalue weighted by molar-refractivity contribution is -0.147. The van der Waals surface area contributed by atoms with E-state index in [2.05, 4.69) is 34.9 Å². The molecule has 1 atom stereocenters. The Balaban J connectivity index is 1.19. The minimum atomic E-state index is -1.13. The van der Waals surface area contributed by atoms with Crippen molar-refractivity contribution in [2.75, 3.05) is 37.7 Å². The number of aliphatic carboxylic acids is 1. The van der Waals surface area contributed by atoms with Crippen molar-refractivity contribution in [2.24, 2.45) is 0 Å². The summed E-state index contributed by atoms with van der Waals surface area (Å²) in [6.45, 7) is 1.12. The Labute approximate surface area is 207 Å². The molecule has 1 heterocycles. The number of amides is 3. The molecule has 3 N–H and O–H groups in total. The van der Waals surface area contributed by atoms with Crippen molar-refractivity contribution in [1.29, 1.82) is 0 Å². The van der Waals surface area contributed by atoms with Crippen molar-refractivity contribution in [1.82, 2.24) is 15.5 Å². The number of nitrogens with zero attached hydrogens (tertiary/aromatic N) is 1. The van der Waals surface area contributed by atoms with Crippen LogP contribution in [0.2, 0.25) is 0 Å². The summed E-state index contributed by atoms with van der Waals surface area (Å²) in [5.41, 5.74) is 4.61. The normalized spacial score (nSPS) is 16.7. The second-order valence-electron chi connectivity index (χ2n) is 8.30. The standard InChI is InChI=1S/C25H27N3O6S/c29-22(28-11-9-26-24(32)21(28)13-23(30)31)15-35-12-10-27-25(33)34-14-20-18-7-3-1-5-16(18)17-6-2-4-8-19(17)20/h1-8,20-21H,9-15H2,(H,26,32)(H,27,33)(H,30,31). The molecule has 1 saturated heterocycles. The highest BCUT2D eigenvalue weighted by Crippen LogP contribution is 2.44. The first kappa shape index (κ1) is 24.6. The van der Waals surface area contributed by atoms with Gasteiger partial charge in [0.1, 0.15) is 12.6 Å². The highest BCUT2D eigenvalue weighted by atomic mass is 32.2. The predicted octanol–water partition coefficient (Wildman–Crippen LogP) is 2.06. The van der Waals surface area contributed by atoms with Crippen LogP contribution >= 0.6 is 11.8 Å². The first-order valence-electron chi connectivity index (χ1n) is 11.4. The van der Waals surface area contributed by atoms with E-state index in [-0.39, 0.29) is 30.7 Å². The Kier molecular flexibility index (Phi) is 7.91. The van der Waals surface area contributed by atoms with Crippen molar-refractivity contribution in [3.63, 3.8) is 0 Å². The van der Waals surface area contributed by atoms with Crippen LogP contribution in [0.3, 0.4) is 0 Å². The number of hydrogen-bond donors (Lipinski definition) is 3. The fourth-order valence-corrected chi connectivity index (χ4v) is 5.23. The van der Waals surface area contributed by atoms with Crippen LogP contribution in [0.4, 0.5) is 4.79 Å². The first-order chi connectivity index (χ1) is 17.0. The van der Waals surface area contributed by atoms with Gasteiger partial charge < -0.3 is 25.4 Å². The molecule has 0 bridgehead atoms. The van der Waals surface area contributed by atoms with Crippen molar-refractivity contribution >= 4 is 35.6 Å². The number of thioether (sulfide) groups is 1. The summed E-state index contributed by atoms with van der Waals surface area (Å²) in [6.07, 6.45) is -0.945. The zero-order chi connectivity index (χ0) is 24.8. The zero-order valence-electron chi connectivity index (χ0n) is 19.1. The lowest BCUT2D eigenvalue weighted by Gasteiger charge is -2.34. The summed E-state index contributed by atoms with van der Waals surface area (Å²) in [5, 5.41) is 14.3. The molecule has 9 nitrogen and oxygen atoms in total. The van der Waals surface area contributed by atoms with Crippen LogP contribution in [0.1, 0.15) is 23.5 Å². The molecule has 0 radical (unpaired) electrons. The van der Waals surface area contributed by atoms with E-state index < -0.39 is 30.4 Å². The van der Waals surface area contributed by atoms with E-state index in [1.807, 2.05) is 24.3 Å². The molecule has 10 heteroatoms. The highest BCUT2D eigenvalue weighted by Gasteiger charge is 2.34. The first-order valence-corrected chi connectivity index (χ1v) is 12.6. The maximum atomic E-state index is 12.5. The van der Waals surface area contributed by atoms with E-state index in [1.54, 1.807) is 0 Å². The number of rotatable bonds is 9. The van der Waals surface area contributed by atoms with Gasteiger partial charge in [0.2, 0.25) is 11.8 Å². The van der Waals surface area contributed by atoms with Crippen LogP contribution < -0.4 is 10.6 Å². The third-order valence-corrected chi connectivity index (χ3v) is 7.05. The van der Waals surface area contributed by atoms with Gasteiger partial charge in [0.25, 0.3) is 0 Å². The van der Waals surface area contributed by atoms with E-state index in [4.69, 9.17) is 9.84 Å². The molecule has 1 aliphatic heterocycles. The zero-order valence-corrected chi connectivity index (χ0v) is 19.9. The van der Waals surface area contributed by atoms with Crippen molar-refractivity contribution in [2.45, 2.75) is 18.4 Å². The number of benzene rings is 2.